The van der Waals surface area contributed by atoms with Gasteiger partial charge in [-0.2, -0.15) is 4.31 Å². The van der Waals surface area contributed by atoms with Crippen molar-refractivity contribution in [1.82, 2.24) is 9.21 Å². The first-order valence-electron chi connectivity index (χ1n) is 6.61. The van der Waals surface area contributed by atoms with Crippen molar-refractivity contribution in [2.75, 3.05) is 26.2 Å². The molecule has 1 aliphatic carbocycles. The lowest BCUT2D eigenvalue weighted by molar-refractivity contribution is 0.180. The second-order valence-corrected chi connectivity index (χ2v) is 8.05. The van der Waals surface area contributed by atoms with Gasteiger partial charge < -0.3 is 4.42 Å². The Hall–Kier alpha value is -0.0800. The van der Waals surface area contributed by atoms with Gasteiger partial charge in [0.1, 0.15) is 10.7 Å². The summed E-state index contributed by atoms with van der Waals surface area (Å²) >= 11 is 8.84. The molecule has 0 unspecified atom stereocenters. The lowest BCUT2D eigenvalue weighted by Crippen LogP contribution is -2.49. The SMILES string of the molecule is O=S(=O)(c1cc(CCl)oc1Br)N1CCN(C2CC2)CC1. The number of sulfonamides is 1. The Bertz CT molecular complexity index is 592. The summed E-state index contributed by atoms with van der Waals surface area (Å²) in [4.78, 5) is 2.55. The lowest BCUT2D eigenvalue weighted by atomic mass is 10.3. The van der Waals surface area contributed by atoms with Gasteiger partial charge in [0.15, 0.2) is 4.67 Å². The monoisotopic (exact) mass is 382 g/mol. The summed E-state index contributed by atoms with van der Waals surface area (Å²) in [6.45, 7) is 2.68. The minimum absolute atomic E-state index is 0.156. The fourth-order valence-electron chi connectivity index (χ4n) is 2.53. The molecule has 1 saturated heterocycles. The molecular weight excluding hydrogens is 368 g/mol. The zero-order valence-corrected chi connectivity index (χ0v) is 14.0. The van der Waals surface area contributed by atoms with Crippen LogP contribution in [0.1, 0.15) is 18.6 Å². The molecule has 2 aliphatic rings. The van der Waals surface area contributed by atoms with Crippen LogP contribution in [0.2, 0.25) is 0 Å². The van der Waals surface area contributed by atoms with E-state index < -0.39 is 10.0 Å². The Morgan fingerprint density at radius 2 is 1.95 bits per heavy atom. The van der Waals surface area contributed by atoms with Crippen molar-refractivity contribution in [2.45, 2.75) is 29.7 Å². The molecule has 2 fully saturated rings. The maximum Gasteiger partial charge on any atom is 0.247 e. The number of rotatable bonds is 4. The molecule has 0 bridgehead atoms. The van der Waals surface area contributed by atoms with Crippen LogP contribution >= 0.6 is 27.5 Å². The van der Waals surface area contributed by atoms with Crippen molar-refractivity contribution in [3.8, 4) is 0 Å². The van der Waals surface area contributed by atoms with Crippen LogP contribution in [0.15, 0.2) is 20.0 Å². The van der Waals surface area contributed by atoms with Crippen LogP contribution in [0.3, 0.4) is 0 Å². The Morgan fingerprint density at radius 1 is 1.30 bits per heavy atom. The average Bonchev–Trinajstić information content (AvgIpc) is 3.21. The van der Waals surface area contributed by atoms with Gasteiger partial charge in [0.25, 0.3) is 0 Å². The second-order valence-electron chi connectivity index (χ2n) is 5.16. The Labute approximate surface area is 132 Å². The maximum atomic E-state index is 12.6. The van der Waals surface area contributed by atoms with Gasteiger partial charge in [-0.05, 0) is 28.8 Å². The Balaban J connectivity index is 1.76. The summed E-state index contributed by atoms with van der Waals surface area (Å²) in [5.41, 5.74) is 0. The van der Waals surface area contributed by atoms with Gasteiger partial charge in [-0.3, -0.25) is 4.90 Å². The average molecular weight is 384 g/mol. The van der Waals surface area contributed by atoms with Gasteiger partial charge in [-0.1, -0.05) is 0 Å². The summed E-state index contributed by atoms with van der Waals surface area (Å²) < 4.78 is 32.2. The molecule has 112 valence electrons. The molecule has 0 atom stereocenters. The van der Waals surface area contributed by atoms with E-state index in [0.29, 0.717) is 24.9 Å². The minimum atomic E-state index is -3.50. The van der Waals surface area contributed by atoms with Gasteiger partial charge in [-0.25, -0.2) is 8.42 Å². The lowest BCUT2D eigenvalue weighted by Gasteiger charge is -2.33. The predicted octanol–water partition coefficient (Wildman–Crippen LogP) is 2.25. The van der Waals surface area contributed by atoms with Crippen LogP contribution in [-0.4, -0.2) is 49.8 Å². The third-order valence-corrected chi connectivity index (χ3v) is 6.81. The number of hydrogen-bond acceptors (Lipinski definition) is 4. The standard InChI is InChI=1S/C12H16BrClN2O3S/c13-12-11(7-10(8-14)19-12)20(17,18)16-5-3-15(4-6-16)9-1-2-9/h7,9H,1-6,8H2. The van der Waals surface area contributed by atoms with Crippen LogP contribution in [0.5, 0.6) is 0 Å². The third kappa shape index (κ3) is 2.78. The van der Waals surface area contributed by atoms with E-state index in [0.717, 1.165) is 13.1 Å². The topological polar surface area (TPSA) is 53.8 Å². The van der Waals surface area contributed by atoms with E-state index in [1.54, 1.807) is 0 Å². The third-order valence-electron chi connectivity index (χ3n) is 3.79. The predicted molar refractivity (Wildman–Crippen MR) is 79.3 cm³/mol. The summed E-state index contributed by atoms with van der Waals surface area (Å²) in [6, 6.07) is 2.18. The number of alkyl halides is 1. The highest BCUT2D eigenvalue weighted by molar-refractivity contribution is 9.10. The summed E-state index contributed by atoms with van der Waals surface area (Å²) in [5, 5.41) is 0. The molecule has 0 N–H and O–H groups in total. The smallest absolute Gasteiger partial charge is 0.247 e. The fourth-order valence-corrected chi connectivity index (χ4v) is 5.04. The largest absolute Gasteiger partial charge is 0.452 e. The number of hydrogen-bond donors (Lipinski definition) is 0. The van der Waals surface area contributed by atoms with Crippen molar-refractivity contribution >= 4 is 37.6 Å². The quantitative estimate of drug-likeness (QED) is 0.748. The van der Waals surface area contributed by atoms with Crippen molar-refractivity contribution < 1.29 is 12.8 Å². The highest BCUT2D eigenvalue weighted by atomic mass is 79.9. The first-order chi connectivity index (χ1) is 9.52. The van der Waals surface area contributed by atoms with Crippen LogP contribution in [-0.2, 0) is 15.9 Å². The second kappa shape index (κ2) is 5.61. The normalized spacial score (nSPS) is 22.3. The molecule has 2 heterocycles. The Kier molecular flexibility index (Phi) is 4.16. The fraction of sp³-hybridized carbons (Fsp3) is 0.667. The maximum absolute atomic E-state index is 12.6. The molecule has 0 aromatic carbocycles. The number of halogens is 2. The van der Waals surface area contributed by atoms with E-state index in [4.69, 9.17) is 16.0 Å². The van der Waals surface area contributed by atoms with E-state index in [9.17, 15) is 8.42 Å². The van der Waals surface area contributed by atoms with Crippen molar-refractivity contribution in [1.29, 1.82) is 0 Å². The molecule has 1 aromatic rings. The Morgan fingerprint density at radius 3 is 2.45 bits per heavy atom. The molecule has 8 heteroatoms. The highest BCUT2D eigenvalue weighted by Crippen LogP contribution is 2.32. The molecule has 3 rings (SSSR count). The van der Waals surface area contributed by atoms with Crippen LogP contribution in [0, 0.1) is 0 Å². The van der Waals surface area contributed by atoms with Crippen molar-refractivity contribution in [2.24, 2.45) is 0 Å². The van der Waals surface area contributed by atoms with E-state index in [1.165, 1.54) is 23.2 Å². The molecular formula is C12H16BrClN2O3S. The van der Waals surface area contributed by atoms with E-state index >= 15 is 0 Å². The van der Waals surface area contributed by atoms with E-state index in [2.05, 4.69) is 20.8 Å². The van der Waals surface area contributed by atoms with Gasteiger partial charge in [-0.15, -0.1) is 11.6 Å². The van der Waals surface area contributed by atoms with Crippen LogP contribution in [0.4, 0.5) is 0 Å². The molecule has 20 heavy (non-hydrogen) atoms. The van der Waals surface area contributed by atoms with Crippen LogP contribution in [0.25, 0.3) is 0 Å². The first kappa shape index (κ1) is 14.8. The highest BCUT2D eigenvalue weighted by Gasteiger charge is 2.36. The van der Waals surface area contributed by atoms with Gasteiger partial charge in [0, 0.05) is 38.3 Å². The van der Waals surface area contributed by atoms with Gasteiger partial charge in [0.2, 0.25) is 10.0 Å². The summed E-state index contributed by atoms with van der Waals surface area (Å²) in [7, 11) is -3.50. The minimum Gasteiger partial charge on any atom is -0.452 e. The molecule has 0 radical (unpaired) electrons. The van der Waals surface area contributed by atoms with Crippen molar-refractivity contribution in [3.63, 3.8) is 0 Å². The van der Waals surface area contributed by atoms with Gasteiger partial charge >= 0.3 is 0 Å². The summed E-state index contributed by atoms with van der Waals surface area (Å²) in [5.74, 6) is 0.609. The van der Waals surface area contributed by atoms with E-state index in [1.807, 2.05) is 0 Å². The summed E-state index contributed by atoms with van der Waals surface area (Å²) in [6.07, 6.45) is 2.50. The van der Waals surface area contributed by atoms with Gasteiger partial charge in [0.05, 0.1) is 5.88 Å². The molecule has 5 nitrogen and oxygen atoms in total. The molecule has 0 spiro atoms. The number of nitrogens with zero attached hydrogens (tertiary/aromatic N) is 2. The number of furan rings is 1. The molecule has 1 saturated carbocycles. The first-order valence-corrected chi connectivity index (χ1v) is 9.37. The zero-order valence-electron chi connectivity index (χ0n) is 10.9. The molecule has 1 aromatic heterocycles. The van der Waals surface area contributed by atoms with E-state index in [-0.39, 0.29) is 15.4 Å². The van der Waals surface area contributed by atoms with Crippen LogP contribution < -0.4 is 0 Å². The molecule has 1 aliphatic heterocycles. The molecule has 0 amide bonds. The number of piperazine rings is 1. The zero-order chi connectivity index (χ0) is 14.3. The van der Waals surface area contributed by atoms with Crippen molar-refractivity contribution in [3.05, 3.63) is 16.5 Å².